The molecule has 140 valence electrons. The molecular weight excluding hydrogens is 368 g/mol. The molecule has 1 amide bonds. The first-order valence-electron chi connectivity index (χ1n) is 8.53. The summed E-state index contributed by atoms with van der Waals surface area (Å²) in [6.45, 7) is 1.03. The smallest absolute Gasteiger partial charge is 0.253 e. The molecule has 1 aliphatic rings. The molecule has 0 aliphatic carbocycles. The maximum absolute atomic E-state index is 12.8. The van der Waals surface area contributed by atoms with Gasteiger partial charge in [0, 0.05) is 43.2 Å². The van der Waals surface area contributed by atoms with Crippen molar-refractivity contribution in [3.05, 3.63) is 48.3 Å². The lowest BCUT2D eigenvalue weighted by Crippen LogP contribution is -2.40. The van der Waals surface area contributed by atoms with E-state index in [2.05, 4.69) is 20.1 Å². The fraction of sp³-hybridized carbons (Fsp3) is 0.353. The highest BCUT2D eigenvalue weighted by Gasteiger charge is 2.31. The number of hydrogen-bond acceptors (Lipinski definition) is 7. The first-order valence-corrected chi connectivity index (χ1v) is 10.4. The van der Waals surface area contributed by atoms with E-state index in [1.54, 1.807) is 29.4 Å². The van der Waals surface area contributed by atoms with Gasteiger partial charge in [-0.2, -0.15) is 14.6 Å². The quantitative estimate of drug-likeness (QED) is 0.659. The van der Waals surface area contributed by atoms with E-state index >= 15 is 0 Å². The molecule has 0 spiro atoms. The van der Waals surface area contributed by atoms with Crippen molar-refractivity contribution < 1.29 is 13.2 Å². The molecule has 1 atom stereocenters. The van der Waals surface area contributed by atoms with E-state index in [4.69, 9.17) is 0 Å². The van der Waals surface area contributed by atoms with Crippen LogP contribution in [0.15, 0.2) is 41.9 Å². The second kappa shape index (κ2) is 6.69. The lowest BCUT2D eigenvalue weighted by molar-refractivity contribution is 0.0704. The van der Waals surface area contributed by atoms with Crippen molar-refractivity contribution >= 4 is 21.5 Å². The molecule has 0 saturated carbocycles. The predicted octanol–water partition coefficient (Wildman–Crippen LogP) is 0.943. The second-order valence-electron chi connectivity index (χ2n) is 6.58. The molecule has 3 aromatic heterocycles. The minimum Gasteiger partial charge on any atom is -0.338 e. The van der Waals surface area contributed by atoms with Gasteiger partial charge in [0.15, 0.2) is 9.84 Å². The predicted molar refractivity (Wildman–Crippen MR) is 96.0 cm³/mol. The maximum Gasteiger partial charge on any atom is 0.253 e. The van der Waals surface area contributed by atoms with Gasteiger partial charge in [-0.1, -0.05) is 0 Å². The number of carbonyl (C=O) groups is 1. The highest BCUT2D eigenvalue weighted by Crippen LogP contribution is 2.31. The standard InChI is InChI=1S/C17H18N6O3S/c1-27(25,26)14-9-19-17-20-11-21-23(17)15(14)13-3-2-8-22(10-13)16(24)12-4-6-18-7-5-12/h4-7,9,11,13H,2-3,8,10H2,1H3. The lowest BCUT2D eigenvalue weighted by Gasteiger charge is -2.33. The highest BCUT2D eigenvalue weighted by atomic mass is 32.2. The summed E-state index contributed by atoms with van der Waals surface area (Å²) in [5, 5.41) is 4.16. The number of carbonyl (C=O) groups excluding carboxylic acids is 1. The normalized spacial score (nSPS) is 18.0. The van der Waals surface area contributed by atoms with E-state index in [9.17, 15) is 13.2 Å². The van der Waals surface area contributed by atoms with E-state index in [-0.39, 0.29) is 16.7 Å². The Morgan fingerprint density at radius 2 is 2.00 bits per heavy atom. The Kier molecular flexibility index (Phi) is 4.34. The minimum absolute atomic E-state index is 0.0908. The van der Waals surface area contributed by atoms with Gasteiger partial charge in [0.2, 0.25) is 0 Å². The molecule has 0 N–H and O–H groups in total. The maximum atomic E-state index is 12.8. The number of aromatic nitrogens is 5. The lowest BCUT2D eigenvalue weighted by atomic mass is 9.94. The van der Waals surface area contributed by atoms with Gasteiger partial charge in [0.1, 0.15) is 11.2 Å². The SMILES string of the molecule is CS(=O)(=O)c1cnc2ncnn2c1C1CCCN(C(=O)c2ccncc2)C1. The summed E-state index contributed by atoms with van der Waals surface area (Å²) < 4.78 is 26.1. The zero-order valence-corrected chi connectivity index (χ0v) is 15.5. The van der Waals surface area contributed by atoms with Gasteiger partial charge in [-0.3, -0.25) is 9.78 Å². The van der Waals surface area contributed by atoms with E-state index in [1.165, 1.54) is 17.0 Å². The highest BCUT2D eigenvalue weighted by molar-refractivity contribution is 7.90. The number of likely N-dealkylation sites (tertiary alicyclic amines) is 1. The van der Waals surface area contributed by atoms with Crippen LogP contribution in [0.4, 0.5) is 0 Å². The fourth-order valence-corrected chi connectivity index (χ4v) is 4.38. The van der Waals surface area contributed by atoms with Crippen LogP contribution in [0.5, 0.6) is 0 Å². The molecule has 1 saturated heterocycles. The van der Waals surface area contributed by atoms with Crippen LogP contribution in [0, 0.1) is 0 Å². The third-order valence-corrected chi connectivity index (χ3v) is 5.84. The van der Waals surface area contributed by atoms with Crippen molar-refractivity contribution in [2.75, 3.05) is 19.3 Å². The van der Waals surface area contributed by atoms with Crippen LogP contribution in [0.25, 0.3) is 5.78 Å². The van der Waals surface area contributed by atoms with E-state index in [0.717, 1.165) is 19.1 Å². The van der Waals surface area contributed by atoms with Crippen LogP contribution < -0.4 is 0 Å². The Balaban J connectivity index is 1.73. The van der Waals surface area contributed by atoms with Crippen LogP contribution in [-0.4, -0.2) is 63.1 Å². The molecule has 4 rings (SSSR count). The summed E-state index contributed by atoms with van der Waals surface area (Å²) >= 11 is 0. The van der Waals surface area contributed by atoms with Crippen LogP contribution in [0.3, 0.4) is 0 Å². The van der Waals surface area contributed by atoms with E-state index in [0.29, 0.717) is 30.1 Å². The average molecular weight is 386 g/mol. The first-order chi connectivity index (χ1) is 12.9. The van der Waals surface area contributed by atoms with Crippen LogP contribution >= 0.6 is 0 Å². The molecule has 10 heteroatoms. The summed E-state index contributed by atoms with van der Waals surface area (Å²) in [7, 11) is -3.50. The molecule has 4 heterocycles. The Labute approximate surface area is 156 Å². The van der Waals surface area contributed by atoms with E-state index < -0.39 is 9.84 Å². The first kappa shape index (κ1) is 17.5. The molecule has 1 fully saturated rings. The molecule has 0 bridgehead atoms. The summed E-state index contributed by atoms with van der Waals surface area (Å²) in [4.78, 5) is 26.8. The minimum atomic E-state index is -3.50. The zero-order chi connectivity index (χ0) is 19.0. The van der Waals surface area contributed by atoms with Gasteiger partial charge in [-0.15, -0.1) is 0 Å². The molecule has 0 aromatic carbocycles. The molecule has 27 heavy (non-hydrogen) atoms. The summed E-state index contributed by atoms with van der Waals surface area (Å²) in [5.74, 6) is 0.0725. The number of piperidine rings is 1. The summed E-state index contributed by atoms with van der Waals surface area (Å²) in [5.41, 5.74) is 1.10. The largest absolute Gasteiger partial charge is 0.338 e. The topological polar surface area (TPSA) is 110 Å². The van der Waals surface area contributed by atoms with Gasteiger partial charge in [0.05, 0.1) is 11.9 Å². The third kappa shape index (κ3) is 3.27. The average Bonchev–Trinajstić information content (AvgIpc) is 3.15. The van der Waals surface area contributed by atoms with Crippen molar-refractivity contribution in [2.45, 2.75) is 23.7 Å². The van der Waals surface area contributed by atoms with Crippen LogP contribution in [-0.2, 0) is 9.84 Å². The Bertz CT molecular complexity index is 1100. The van der Waals surface area contributed by atoms with Gasteiger partial charge in [-0.25, -0.2) is 13.4 Å². The summed E-state index contributed by atoms with van der Waals surface area (Å²) in [6, 6.07) is 3.35. The molecule has 1 unspecified atom stereocenters. The molecule has 3 aromatic rings. The van der Waals surface area contributed by atoms with Crippen molar-refractivity contribution in [2.24, 2.45) is 0 Å². The number of amides is 1. The summed E-state index contributed by atoms with van der Waals surface area (Å²) in [6.07, 6.45) is 8.51. The van der Waals surface area contributed by atoms with Gasteiger partial charge in [-0.05, 0) is 25.0 Å². The fourth-order valence-electron chi connectivity index (χ4n) is 3.50. The van der Waals surface area contributed by atoms with E-state index in [1.807, 2.05) is 0 Å². The van der Waals surface area contributed by atoms with Gasteiger partial charge >= 0.3 is 0 Å². The molecule has 9 nitrogen and oxygen atoms in total. The Morgan fingerprint density at radius 1 is 1.22 bits per heavy atom. The van der Waals surface area contributed by atoms with Crippen molar-refractivity contribution in [1.29, 1.82) is 0 Å². The molecule has 0 radical (unpaired) electrons. The number of fused-ring (bicyclic) bond motifs is 1. The number of rotatable bonds is 3. The number of pyridine rings is 1. The Hall–Kier alpha value is -2.88. The molecule has 1 aliphatic heterocycles. The number of hydrogen-bond donors (Lipinski definition) is 0. The Morgan fingerprint density at radius 3 is 2.74 bits per heavy atom. The third-order valence-electron chi connectivity index (χ3n) is 4.73. The van der Waals surface area contributed by atoms with Crippen molar-refractivity contribution in [3.8, 4) is 0 Å². The number of nitrogens with zero attached hydrogens (tertiary/aromatic N) is 6. The van der Waals surface area contributed by atoms with Crippen LogP contribution in [0.2, 0.25) is 0 Å². The monoisotopic (exact) mass is 386 g/mol. The number of sulfone groups is 1. The van der Waals surface area contributed by atoms with Gasteiger partial charge in [0.25, 0.3) is 11.7 Å². The zero-order valence-electron chi connectivity index (χ0n) is 14.7. The second-order valence-corrected chi connectivity index (χ2v) is 8.56. The van der Waals surface area contributed by atoms with Gasteiger partial charge < -0.3 is 4.90 Å². The van der Waals surface area contributed by atoms with Crippen molar-refractivity contribution in [1.82, 2.24) is 29.5 Å². The van der Waals surface area contributed by atoms with Crippen molar-refractivity contribution in [3.63, 3.8) is 0 Å². The molecular formula is C17H18N6O3S. The van der Waals surface area contributed by atoms with Crippen LogP contribution in [0.1, 0.15) is 34.8 Å².